The van der Waals surface area contributed by atoms with E-state index in [1.54, 1.807) is 0 Å². The molecule has 0 fully saturated rings. The quantitative estimate of drug-likeness (QED) is 0.300. The molecular weight excluding hydrogens is 456 g/mol. The Kier molecular flexibility index (Phi) is 6.07. The van der Waals surface area contributed by atoms with Crippen LogP contribution in [0.1, 0.15) is 6.92 Å². The number of carbonyl (C=O) groups excluding carboxylic acids is 1. The van der Waals surface area contributed by atoms with Gasteiger partial charge in [-0.05, 0) is 19.1 Å². The zero-order valence-corrected chi connectivity index (χ0v) is 17.9. The predicted octanol–water partition coefficient (Wildman–Crippen LogP) is -0.0132. The van der Waals surface area contributed by atoms with E-state index in [1.165, 1.54) is 6.92 Å². The Morgan fingerprint density at radius 1 is 1.43 bits per heavy atom. The molecule has 11 nitrogen and oxygen atoms in total. The highest BCUT2D eigenvalue weighted by Gasteiger charge is 2.46. The van der Waals surface area contributed by atoms with Crippen molar-refractivity contribution in [1.29, 1.82) is 0 Å². The van der Waals surface area contributed by atoms with Crippen molar-refractivity contribution >= 4 is 62.0 Å². The third-order valence-electron chi connectivity index (χ3n) is 4.07. The third-order valence-corrected chi connectivity index (χ3v) is 7.18. The summed E-state index contributed by atoms with van der Waals surface area (Å²) in [6.45, 7) is 0.902. The first kappa shape index (κ1) is 22.9. The molecule has 2 rings (SSSR count). The van der Waals surface area contributed by atoms with Crippen LogP contribution in [-0.4, -0.2) is 63.4 Å². The fraction of sp³-hybridized carbons (Fsp3) is 0.385. The molecule has 28 heavy (non-hydrogen) atoms. The highest BCUT2D eigenvalue weighted by molar-refractivity contribution is 7.90. The van der Waals surface area contributed by atoms with Gasteiger partial charge in [-0.15, -0.1) is 0 Å². The lowest BCUT2D eigenvalue weighted by Gasteiger charge is -2.34. The number of hydrogen-bond acceptors (Lipinski definition) is 8. The molecular formula is C13H18ClN4O7S3+. The first-order valence-electron chi connectivity index (χ1n) is 7.56. The summed E-state index contributed by atoms with van der Waals surface area (Å²) in [7, 11) is -7.43. The summed E-state index contributed by atoms with van der Waals surface area (Å²) in [6, 6.07) is 1.85. The molecule has 1 aliphatic rings. The molecule has 0 bridgehead atoms. The van der Waals surface area contributed by atoms with Crippen LogP contribution in [0.4, 0.5) is 10.5 Å². The monoisotopic (exact) mass is 473 g/mol. The minimum Gasteiger partial charge on any atom is -0.435 e. The summed E-state index contributed by atoms with van der Waals surface area (Å²) in [5.74, 6) is -0.759. The number of benzene rings is 1. The molecule has 15 heteroatoms. The van der Waals surface area contributed by atoms with E-state index in [2.05, 4.69) is 22.7 Å². The maximum absolute atomic E-state index is 12.5. The molecule has 1 aliphatic heterocycles. The van der Waals surface area contributed by atoms with Crippen LogP contribution in [-0.2, 0) is 24.8 Å². The number of nitrogens with one attached hydrogen (secondary N) is 2. The van der Waals surface area contributed by atoms with Crippen molar-refractivity contribution in [3.63, 3.8) is 0 Å². The van der Waals surface area contributed by atoms with Gasteiger partial charge in [0.25, 0.3) is 0 Å². The van der Waals surface area contributed by atoms with Gasteiger partial charge < -0.3 is 10.4 Å². The van der Waals surface area contributed by atoms with Crippen molar-refractivity contribution in [3.05, 3.63) is 17.2 Å². The molecule has 1 aromatic carbocycles. The highest BCUT2D eigenvalue weighted by Crippen LogP contribution is 2.34. The number of imide groups is 1. The molecule has 0 aliphatic carbocycles. The number of halogens is 1. The van der Waals surface area contributed by atoms with E-state index >= 15 is 0 Å². The molecule has 0 spiro atoms. The summed E-state index contributed by atoms with van der Waals surface area (Å²) < 4.78 is 49.2. The Morgan fingerprint density at radius 3 is 2.46 bits per heavy atom. The number of fused-ring (bicyclic) bond motifs is 1. The van der Waals surface area contributed by atoms with Crippen LogP contribution in [0, 0.1) is 0 Å². The lowest BCUT2D eigenvalue weighted by molar-refractivity contribution is -0.761. The lowest BCUT2D eigenvalue weighted by Crippen LogP contribution is -2.63. The smallest absolute Gasteiger partial charge is 0.435 e. The number of nitrogens with zero attached hydrogens (tertiary/aromatic N) is 1. The molecule has 3 atom stereocenters. The van der Waals surface area contributed by atoms with Crippen LogP contribution >= 0.6 is 24.2 Å². The van der Waals surface area contributed by atoms with Gasteiger partial charge in [0, 0.05) is 0 Å². The van der Waals surface area contributed by atoms with E-state index in [-0.39, 0.29) is 10.7 Å². The lowest BCUT2D eigenvalue weighted by atomic mass is 10.2. The van der Waals surface area contributed by atoms with E-state index in [9.17, 15) is 31.5 Å². The number of nitrogens with two attached hydrogens (primary N) is 1. The number of quaternary nitrogens is 1. The van der Waals surface area contributed by atoms with E-state index < -0.39 is 64.3 Å². The minimum atomic E-state index is -4.28. The first-order valence-corrected chi connectivity index (χ1v) is 11.5. The van der Waals surface area contributed by atoms with Gasteiger partial charge in [0.2, 0.25) is 20.0 Å². The molecule has 0 aromatic heterocycles. The van der Waals surface area contributed by atoms with E-state index in [1.807, 2.05) is 0 Å². The number of hydrogen-bond donors (Lipinski definition) is 5. The number of likely N-dealkylation sites (N-methyl/N-ethyl adjacent to an activating group) is 1. The van der Waals surface area contributed by atoms with Crippen LogP contribution in [0.2, 0.25) is 5.02 Å². The molecule has 0 saturated heterocycles. The number of carbonyl (C=O) groups is 2. The summed E-state index contributed by atoms with van der Waals surface area (Å²) in [5.41, 5.74) is -0.0653. The first-order chi connectivity index (χ1) is 12.6. The highest BCUT2D eigenvalue weighted by atomic mass is 35.5. The van der Waals surface area contributed by atoms with Gasteiger partial charge in [0.15, 0.2) is 0 Å². The number of anilines is 1. The largest absolute Gasteiger partial charge is 0.521 e. The van der Waals surface area contributed by atoms with Gasteiger partial charge in [-0.25, -0.2) is 26.8 Å². The van der Waals surface area contributed by atoms with Gasteiger partial charge in [-0.1, -0.05) is 11.6 Å². The number of carboxylic acid groups (broad SMARTS) is 1. The van der Waals surface area contributed by atoms with Gasteiger partial charge in [0.05, 0.1) is 17.8 Å². The fourth-order valence-corrected chi connectivity index (χ4v) is 5.42. The number of sulfonamides is 2. The average Bonchev–Trinajstić information content (AvgIpc) is 2.50. The van der Waals surface area contributed by atoms with E-state index in [0.717, 1.165) is 19.2 Å². The van der Waals surface area contributed by atoms with Crippen LogP contribution in [0.5, 0.6) is 0 Å². The van der Waals surface area contributed by atoms with Gasteiger partial charge >= 0.3 is 12.0 Å². The SMILES string of the molecule is CC(S)C(=O)[N+](C)(CC1Nc2cc(Cl)c(S(N)(=O)=O)cc2S(=O)(=O)N1)C(=O)O. The van der Waals surface area contributed by atoms with Crippen LogP contribution in [0.3, 0.4) is 0 Å². The van der Waals surface area contributed by atoms with Crippen molar-refractivity contribution in [2.24, 2.45) is 5.14 Å². The second kappa shape index (κ2) is 7.44. The second-order valence-electron chi connectivity index (χ2n) is 6.31. The fourth-order valence-electron chi connectivity index (χ4n) is 2.68. The molecule has 2 amide bonds. The Hall–Kier alpha value is -1.42. The topological polar surface area (TPSA) is 173 Å². The van der Waals surface area contributed by atoms with Gasteiger partial charge in [0.1, 0.15) is 27.8 Å². The zero-order valence-electron chi connectivity index (χ0n) is 14.6. The molecule has 5 N–H and O–H groups in total. The molecule has 0 saturated carbocycles. The normalized spacial score (nSPS) is 21.7. The summed E-state index contributed by atoms with van der Waals surface area (Å²) >= 11 is 9.84. The van der Waals surface area contributed by atoms with Crippen LogP contribution < -0.4 is 15.2 Å². The van der Waals surface area contributed by atoms with E-state index in [0.29, 0.717) is 0 Å². The Labute approximate surface area is 171 Å². The zero-order chi connectivity index (χ0) is 21.7. The summed E-state index contributed by atoms with van der Waals surface area (Å²) in [6.07, 6.45) is -2.70. The molecule has 3 unspecified atom stereocenters. The summed E-state index contributed by atoms with van der Waals surface area (Å²) in [5, 5.41) is 16.0. The van der Waals surface area contributed by atoms with Crippen LogP contribution in [0.15, 0.2) is 21.9 Å². The maximum Gasteiger partial charge on any atom is 0.521 e. The van der Waals surface area contributed by atoms with E-state index in [4.69, 9.17) is 16.7 Å². The number of primary sulfonamides is 1. The van der Waals surface area contributed by atoms with Crippen molar-refractivity contribution in [2.45, 2.75) is 28.1 Å². The molecule has 0 radical (unpaired) electrons. The maximum atomic E-state index is 12.5. The Morgan fingerprint density at radius 2 is 2.00 bits per heavy atom. The number of thiol groups is 1. The van der Waals surface area contributed by atoms with Crippen LogP contribution in [0.25, 0.3) is 0 Å². The molecule has 156 valence electrons. The minimum absolute atomic E-state index is 0.0653. The average molecular weight is 474 g/mol. The van der Waals surface area contributed by atoms with Crippen molar-refractivity contribution in [3.8, 4) is 0 Å². The standard InChI is InChI=1S/C13H17ClN4O7S3/c1-6(26)12(19)18(2,13(20)21)5-11-16-8-3-7(14)9(27(15,22)23)4-10(8)28(24,25)17-11/h3-4,6,11,16-17H,5H2,1-2H3,(H3-,15,20,21,22,23,26)/p+1. The summed E-state index contributed by atoms with van der Waals surface area (Å²) in [4.78, 5) is 23.0. The Balaban J connectivity index is 2.49. The Bertz CT molecular complexity index is 1060. The van der Waals surface area contributed by atoms with Crippen molar-refractivity contribution < 1.29 is 36.0 Å². The second-order valence-corrected chi connectivity index (χ2v) is 10.7. The van der Waals surface area contributed by atoms with Gasteiger partial charge in [-0.2, -0.15) is 26.6 Å². The third kappa shape index (κ3) is 4.27. The predicted molar refractivity (Wildman–Crippen MR) is 103 cm³/mol. The van der Waals surface area contributed by atoms with Gasteiger partial charge in [-0.3, -0.25) is 0 Å². The number of rotatable bonds is 4. The molecule has 1 aromatic rings. The van der Waals surface area contributed by atoms with Crippen molar-refractivity contribution in [2.75, 3.05) is 18.9 Å². The van der Waals surface area contributed by atoms with Crippen molar-refractivity contribution in [1.82, 2.24) is 4.72 Å². The number of amides is 2. The molecule has 1 heterocycles.